The van der Waals surface area contributed by atoms with Gasteiger partial charge in [0.15, 0.2) is 0 Å². The van der Waals surface area contributed by atoms with Gasteiger partial charge in [-0.05, 0) is 44.1 Å². The Morgan fingerprint density at radius 2 is 1.93 bits per heavy atom. The lowest BCUT2D eigenvalue weighted by atomic mass is 9.98. The van der Waals surface area contributed by atoms with Gasteiger partial charge in [-0.15, -0.1) is 0 Å². The van der Waals surface area contributed by atoms with Crippen LogP contribution in [0.5, 0.6) is 0 Å². The van der Waals surface area contributed by atoms with E-state index < -0.39 is 0 Å². The highest BCUT2D eigenvalue weighted by Crippen LogP contribution is 2.19. The molecule has 74 valence electrons. The van der Waals surface area contributed by atoms with E-state index in [2.05, 4.69) is 36.5 Å². The Balaban J connectivity index is 1.95. The summed E-state index contributed by atoms with van der Waals surface area (Å²) in [6, 6.07) is 0. The molecule has 0 fully saturated rings. The van der Waals surface area contributed by atoms with Crippen LogP contribution in [0, 0.1) is 0 Å². The molecule has 0 aromatic heterocycles. The predicted molar refractivity (Wildman–Crippen MR) is 62.1 cm³/mol. The average molecular weight is 186 g/mol. The first-order valence-corrected chi connectivity index (χ1v) is 5.69. The van der Waals surface area contributed by atoms with Gasteiger partial charge >= 0.3 is 0 Å². The van der Waals surface area contributed by atoms with Crippen molar-refractivity contribution in [3.05, 3.63) is 47.6 Å². The van der Waals surface area contributed by atoms with Gasteiger partial charge in [-0.2, -0.15) is 0 Å². The molecule has 0 aromatic carbocycles. The molecule has 0 spiro atoms. The highest BCUT2D eigenvalue weighted by molar-refractivity contribution is 5.36. The number of rotatable bonds is 2. The van der Waals surface area contributed by atoms with Crippen LogP contribution in [0.25, 0.3) is 0 Å². The fraction of sp³-hybridized carbons (Fsp3) is 0.429. The van der Waals surface area contributed by atoms with E-state index in [4.69, 9.17) is 0 Å². The molecule has 0 amide bonds. The van der Waals surface area contributed by atoms with Crippen LogP contribution in [0.1, 0.15) is 38.5 Å². The lowest BCUT2D eigenvalue weighted by Crippen LogP contribution is -1.88. The van der Waals surface area contributed by atoms with Crippen LogP contribution in [0.2, 0.25) is 0 Å². The molecule has 0 heterocycles. The first-order valence-electron chi connectivity index (χ1n) is 5.69. The van der Waals surface area contributed by atoms with Crippen molar-refractivity contribution in [3.8, 4) is 0 Å². The molecule has 0 unspecified atom stereocenters. The molecule has 2 aliphatic carbocycles. The predicted octanol–water partition coefficient (Wildman–Crippen LogP) is 4.32. The summed E-state index contributed by atoms with van der Waals surface area (Å²) in [5.74, 6) is 0. The molecule has 0 aromatic rings. The van der Waals surface area contributed by atoms with Crippen molar-refractivity contribution in [2.75, 3.05) is 0 Å². The molecule has 0 atom stereocenters. The van der Waals surface area contributed by atoms with Crippen molar-refractivity contribution >= 4 is 0 Å². The molecule has 0 N–H and O–H groups in total. The molecule has 0 saturated carbocycles. The highest BCUT2D eigenvalue weighted by atomic mass is 14.1. The van der Waals surface area contributed by atoms with E-state index in [1.165, 1.54) is 49.7 Å². The summed E-state index contributed by atoms with van der Waals surface area (Å²) in [4.78, 5) is 0. The van der Waals surface area contributed by atoms with Crippen molar-refractivity contribution in [3.63, 3.8) is 0 Å². The van der Waals surface area contributed by atoms with Crippen LogP contribution in [-0.4, -0.2) is 0 Å². The lowest BCUT2D eigenvalue weighted by Gasteiger charge is -2.08. The second kappa shape index (κ2) is 4.99. The fourth-order valence-corrected chi connectivity index (χ4v) is 1.97. The smallest absolute Gasteiger partial charge is 0.0282 e. The zero-order valence-electron chi connectivity index (χ0n) is 8.71. The molecule has 2 rings (SSSR count). The molecule has 0 aliphatic heterocycles. The minimum atomic E-state index is 1.20. The molecule has 2 aliphatic rings. The van der Waals surface area contributed by atoms with Gasteiger partial charge in [0.05, 0.1) is 0 Å². The standard InChI is InChI=1S/C14H18/c1-3-7-13(8-4-1)11-12-14-9-5-2-6-10-14/h3,7-9,11-12H,1-2,4-6,10H2/b12-11+. The molecule has 0 radical (unpaired) electrons. The molecule has 0 heteroatoms. The Labute approximate surface area is 86.7 Å². The number of hydrogen-bond donors (Lipinski definition) is 0. The van der Waals surface area contributed by atoms with Crippen LogP contribution in [-0.2, 0) is 0 Å². The third-order valence-electron chi connectivity index (χ3n) is 2.84. The van der Waals surface area contributed by atoms with Crippen molar-refractivity contribution in [1.82, 2.24) is 0 Å². The molecule has 14 heavy (non-hydrogen) atoms. The van der Waals surface area contributed by atoms with Crippen molar-refractivity contribution in [2.24, 2.45) is 0 Å². The monoisotopic (exact) mass is 186 g/mol. The van der Waals surface area contributed by atoms with Gasteiger partial charge in [0, 0.05) is 0 Å². The summed E-state index contributed by atoms with van der Waals surface area (Å²) in [5, 5.41) is 0. The summed E-state index contributed by atoms with van der Waals surface area (Å²) in [6.07, 6.45) is 21.4. The maximum atomic E-state index is 2.38. The van der Waals surface area contributed by atoms with Crippen molar-refractivity contribution < 1.29 is 0 Å². The third-order valence-corrected chi connectivity index (χ3v) is 2.84. The Morgan fingerprint density at radius 3 is 2.64 bits per heavy atom. The van der Waals surface area contributed by atoms with Gasteiger partial charge in [0.2, 0.25) is 0 Å². The Bertz CT molecular complexity index is 300. The van der Waals surface area contributed by atoms with Gasteiger partial charge in [-0.25, -0.2) is 0 Å². The zero-order chi connectivity index (χ0) is 9.64. The van der Waals surface area contributed by atoms with Crippen molar-refractivity contribution in [1.29, 1.82) is 0 Å². The van der Waals surface area contributed by atoms with E-state index in [0.29, 0.717) is 0 Å². The minimum Gasteiger partial charge on any atom is -0.0836 e. The van der Waals surface area contributed by atoms with E-state index >= 15 is 0 Å². The summed E-state index contributed by atoms with van der Waals surface area (Å²) < 4.78 is 0. The summed E-state index contributed by atoms with van der Waals surface area (Å²) in [5.41, 5.74) is 2.90. The van der Waals surface area contributed by atoms with Gasteiger partial charge < -0.3 is 0 Å². The normalized spacial score (nSPS) is 22.3. The van der Waals surface area contributed by atoms with E-state index in [-0.39, 0.29) is 0 Å². The molecular weight excluding hydrogens is 168 g/mol. The topological polar surface area (TPSA) is 0 Å². The van der Waals surface area contributed by atoms with Gasteiger partial charge in [0.25, 0.3) is 0 Å². The second-order valence-corrected chi connectivity index (χ2v) is 4.04. The van der Waals surface area contributed by atoms with Gasteiger partial charge in [0.1, 0.15) is 0 Å². The van der Waals surface area contributed by atoms with Gasteiger partial charge in [-0.1, -0.05) is 42.0 Å². The van der Waals surface area contributed by atoms with Crippen LogP contribution < -0.4 is 0 Å². The summed E-state index contributed by atoms with van der Waals surface area (Å²) >= 11 is 0. The van der Waals surface area contributed by atoms with Crippen LogP contribution in [0.4, 0.5) is 0 Å². The van der Waals surface area contributed by atoms with Gasteiger partial charge in [-0.3, -0.25) is 0 Å². The van der Waals surface area contributed by atoms with E-state index in [0.717, 1.165) is 0 Å². The maximum Gasteiger partial charge on any atom is -0.0282 e. The van der Waals surface area contributed by atoms with E-state index in [1.54, 1.807) is 0 Å². The third kappa shape index (κ3) is 2.73. The average Bonchev–Trinajstić information content (AvgIpc) is 2.29. The summed E-state index contributed by atoms with van der Waals surface area (Å²) in [7, 11) is 0. The van der Waals surface area contributed by atoms with E-state index in [1.807, 2.05) is 0 Å². The highest BCUT2D eigenvalue weighted by Gasteiger charge is 1.99. The fourth-order valence-electron chi connectivity index (χ4n) is 1.97. The Kier molecular flexibility index (Phi) is 3.39. The second-order valence-electron chi connectivity index (χ2n) is 4.04. The number of hydrogen-bond acceptors (Lipinski definition) is 0. The van der Waals surface area contributed by atoms with Crippen LogP contribution >= 0.6 is 0 Å². The SMILES string of the molecule is C1=CC(/C=C/C2=CCCCC2)=CCC1. The zero-order valence-corrected chi connectivity index (χ0v) is 8.71. The summed E-state index contributed by atoms with van der Waals surface area (Å²) in [6.45, 7) is 0. The molecular formula is C14H18. The molecule has 0 nitrogen and oxygen atoms in total. The lowest BCUT2D eigenvalue weighted by molar-refractivity contribution is 0.712. The minimum absolute atomic E-state index is 1.20. The van der Waals surface area contributed by atoms with Crippen molar-refractivity contribution in [2.45, 2.75) is 38.5 Å². The Hall–Kier alpha value is -1.04. The number of allylic oxidation sites excluding steroid dienone is 8. The first-order chi connectivity index (χ1) is 6.95. The first kappa shape index (κ1) is 9.51. The van der Waals surface area contributed by atoms with E-state index in [9.17, 15) is 0 Å². The van der Waals surface area contributed by atoms with Crippen LogP contribution in [0.15, 0.2) is 47.6 Å². The van der Waals surface area contributed by atoms with Crippen LogP contribution in [0.3, 0.4) is 0 Å². The quantitative estimate of drug-likeness (QED) is 0.602. The maximum absolute atomic E-state index is 2.38. The Morgan fingerprint density at radius 1 is 0.929 bits per heavy atom. The largest absolute Gasteiger partial charge is 0.0836 e. The molecule has 0 bridgehead atoms. The molecule has 0 saturated heterocycles.